The largest absolute Gasteiger partial charge is 0.461 e. The van der Waals surface area contributed by atoms with Crippen LogP contribution >= 0.6 is 11.3 Å². The molecule has 0 bridgehead atoms. The number of hydrogen-bond acceptors (Lipinski definition) is 4. The number of nitrogens with zero attached hydrogens (tertiary/aromatic N) is 2. The normalized spacial score (nSPS) is 11.4. The standard InChI is InChI=1S/C23H24N2O2S/c1-3-19-17(16-9-4-6-11-20(16)27-19)15-25(2)23(26)14-8-13-22-24-18-10-5-7-12-21(18)28-22/h4-7,9-12H,3,8,13-15H2,1-2H3. The van der Waals surface area contributed by atoms with Crippen LogP contribution in [0.3, 0.4) is 0 Å². The number of thiazole rings is 1. The molecule has 1 amide bonds. The third-order valence-electron chi connectivity index (χ3n) is 5.04. The minimum atomic E-state index is 0.161. The minimum absolute atomic E-state index is 0.161. The van der Waals surface area contributed by atoms with Gasteiger partial charge in [-0.2, -0.15) is 0 Å². The van der Waals surface area contributed by atoms with E-state index in [0.29, 0.717) is 13.0 Å². The van der Waals surface area contributed by atoms with Crippen LogP contribution in [0.25, 0.3) is 21.2 Å². The summed E-state index contributed by atoms with van der Waals surface area (Å²) in [4.78, 5) is 19.1. The van der Waals surface area contributed by atoms with Gasteiger partial charge in [-0.25, -0.2) is 4.98 Å². The molecule has 2 aromatic heterocycles. The van der Waals surface area contributed by atoms with Crippen LogP contribution in [-0.4, -0.2) is 22.8 Å². The van der Waals surface area contributed by atoms with Gasteiger partial charge >= 0.3 is 0 Å². The first-order valence-corrected chi connectivity index (χ1v) is 10.5. The Hall–Kier alpha value is -2.66. The average molecular weight is 393 g/mol. The maximum atomic E-state index is 12.6. The molecule has 28 heavy (non-hydrogen) atoms. The number of amides is 1. The first kappa shape index (κ1) is 18.7. The molecule has 4 rings (SSSR count). The van der Waals surface area contributed by atoms with Crippen LogP contribution in [0.5, 0.6) is 0 Å². The highest BCUT2D eigenvalue weighted by atomic mass is 32.1. The zero-order valence-electron chi connectivity index (χ0n) is 16.3. The number of aromatic nitrogens is 1. The van der Waals surface area contributed by atoms with E-state index in [2.05, 4.69) is 24.0 Å². The van der Waals surface area contributed by atoms with Crippen molar-refractivity contribution in [1.82, 2.24) is 9.88 Å². The van der Waals surface area contributed by atoms with Crippen molar-refractivity contribution in [3.63, 3.8) is 0 Å². The number of rotatable bonds is 7. The maximum Gasteiger partial charge on any atom is 0.222 e. The Kier molecular flexibility index (Phi) is 5.44. The Morgan fingerprint density at radius 3 is 2.75 bits per heavy atom. The van der Waals surface area contributed by atoms with Gasteiger partial charge in [-0.15, -0.1) is 11.3 Å². The molecule has 2 aromatic carbocycles. The van der Waals surface area contributed by atoms with E-state index in [-0.39, 0.29) is 5.91 Å². The second kappa shape index (κ2) is 8.15. The van der Waals surface area contributed by atoms with Gasteiger partial charge in [-0.1, -0.05) is 37.3 Å². The Bertz CT molecular complexity index is 1080. The lowest BCUT2D eigenvalue weighted by Crippen LogP contribution is -2.26. The molecule has 0 aliphatic carbocycles. The van der Waals surface area contributed by atoms with Crippen molar-refractivity contribution in [3.8, 4) is 0 Å². The van der Waals surface area contributed by atoms with Crippen LogP contribution in [0.2, 0.25) is 0 Å². The zero-order valence-corrected chi connectivity index (χ0v) is 17.1. The highest BCUT2D eigenvalue weighted by Gasteiger charge is 2.17. The molecule has 0 atom stereocenters. The topological polar surface area (TPSA) is 46.3 Å². The smallest absolute Gasteiger partial charge is 0.222 e. The number of para-hydroxylation sites is 2. The summed E-state index contributed by atoms with van der Waals surface area (Å²) in [5.41, 5.74) is 3.07. The molecule has 0 aliphatic heterocycles. The predicted molar refractivity (Wildman–Crippen MR) is 115 cm³/mol. The van der Waals surface area contributed by atoms with E-state index >= 15 is 0 Å². The lowest BCUT2D eigenvalue weighted by Gasteiger charge is -2.17. The fourth-order valence-electron chi connectivity index (χ4n) is 3.54. The highest BCUT2D eigenvalue weighted by Crippen LogP contribution is 2.27. The second-order valence-electron chi connectivity index (χ2n) is 7.03. The van der Waals surface area contributed by atoms with Crippen LogP contribution < -0.4 is 0 Å². The second-order valence-corrected chi connectivity index (χ2v) is 8.15. The minimum Gasteiger partial charge on any atom is -0.461 e. The molecule has 4 aromatic rings. The van der Waals surface area contributed by atoms with Gasteiger partial charge < -0.3 is 9.32 Å². The predicted octanol–water partition coefficient (Wildman–Crippen LogP) is 5.59. The third-order valence-corrected chi connectivity index (χ3v) is 6.14. The molecule has 0 saturated heterocycles. The summed E-state index contributed by atoms with van der Waals surface area (Å²) in [7, 11) is 1.88. The van der Waals surface area contributed by atoms with E-state index in [4.69, 9.17) is 4.42 Å². The average Bonchev–Trinajstić information content (AvgIpc) is 3.28. The molecule has 0 N–H and O–H groups in total. The van der Waals surface area contributed by atoms with Crippen LogP contribution in [0.4, 0.5) is 0 Å². The number of carbonyl (C=O) groups is 1. The van der Waals surface area contributed by atoms with E-state index in [1.165, 1.54) is 4.70 Å². The van der Waals surface area contributed by atoms with E-state index < -0.39 is 0 Å². The SMILES string of the molecule is CCc1oc2ccccc2c1CN(C)C(=O)CCCc1nc2ccccc2s1. The summed E-state index contributed by atoms with van der Waals surface area (Å²) in [6.07, 6.45) is 3.01. The van der Waals surface area contributed by atoms with Gasteiger partial charge in [0.2, 0.25) is 5.91 Å². The number of fused-ring (bicyclic) bond motifs is 2. The molecule has 0 radical (unpaired) electrons. The molecule has 144 valence electrons. The highest BCUT2D eigenvalue weighted by molar-refractivity contribution is 7.18. The first-order valence-electron chi connectivity index (χ1n) is 9.73. The quantitative estimate of drug-likeness (QED) is 0.412. The number of benzene rings is 2. The molecule has 4 nitrogen and oxygen atoms in total. The van der Waals surface area contributed by atoms with Crippen molar-refractivity contribution < 1.29 is 9.21 Å². The van der Waals surface area contributed by atoms with Crippen LogP contribution in [0.1, 0.15) is 36.1 Å². The van der Waals surface area contributed by atoms with Crippen molar-refractivity contribution in [2.24, 2.45) is 0 Å². The van der Waals surface area contributed by atoms with Gasteiger partial charge in [0.25, 0.3) is 0 Å². The summed E-state index contributed by atoms with van der Waals surface area (Å²) < 4.78 is 7.16. The number of carbonyl (C=O) groups excluding carboxylic acids is 1. The van der Waals surface area contributed by atoms with Crippen LogP contribution in [0.15, 0.2) is 52.9 Å². The lowest BCUT2D eigenvalue weighted by molar-refractivity contribution is -0.130. The molecule has 2 heterocycles. The van der Waals surface area contributed by atoms with E-state index in [9.17, 15) is 4.79 Å². The number of aryl methyl sites for hydroxylation is 2. The summed E-state index contributed by atoms with van der Waals surface area (Å²) in [5, 5.41) is 2.21. The molecule has 0 unspecified atom stereocenters. The van der Waals surface area contributed by atoms with Gasteiger partial charge in [-0.05, 0) is 31.0 Å². The van der Waals surface area contributed by atoms with Gasteiger partial charge in [-0.3, -0.25) is 4.79 Å². The molecular formula is C23H24N2O2S. The summed E-state index contributed by atoms with van der Waals surface area (Å²) in [6, 6.07) is 16.2. The Balaban J connectivity index is 1.37. The van der Waals surface area contributed by atoms with E-state index in [0.717, 1.165) is 52.1 Å². The van der Waals surface area contributed by atoms with Crippen molar-refractivity contribution in [2.45, 2.75) is 39.2 Å². The summed E-state index contributed by atoms with van der Waals surface area (Å²) in [5.74, 6) is 1.13. The molecule has 0 fully saturated rings. The van der Waals surface area contributed by atoms with Crippen LogP contribution in [-0.2, 0) is 24.2 Å². The van der Waals surface area contributed by atoms with Crippen molar-refractivity contribution in [1.29, 1.82) is 0 Å². The van der Waals surface area contributed by atoms with Gasteiger partial charge in [0.15, 0.2) is 0 Å². The molecule has 0 aliphatic rings. The Morgan fingerprint density at radius 1 is 1.14 bits per heavy atom. The van der Waals surface area contributed by atoms with E-state index in [1.807, 2.05) is 48.3 Å². The fraction of sp³-hybridized carbons (Fsp3) is 0.304. The zero-order chi connectivity index (χ0) is 19.5. The summed E-state index contributed by atoms with van der Waals surface area (Å²) in [6.45, 7) is 2.67. The van der Waals surface area contributed by atoms with Crippen molar-refractivity contribution in [2.75, 3.05) is 7.05 Å². The molecule has 5 heteroatoms. The first-order chi connectivity index (χ1) is 13.7. The van der Waals surface area contributed by atoms with Gasteiger partial charge in [0.1, 0.15) is 11.3 Å². The third kappa shape index (κ3) is 3.80. The van der Waals surface area contributed by atoms with Gasteiger partial charge in [0.05, 0.1) is 15.2 Å². The Labute approximate surface area is 168 Å². The number of hydrogen-bond donors (Lipinski definition) is 0. The number of furan rings is 1. The van der Waals surface area contributed by atoms with Crippen LogP contribution in [0, 0.1) is 0 Å². The summed E-state index contributed by atoms with van der Waals surface area (Å²) >= 11 is 1.72. The molecular weight excluding hydrogens is 368 g/mol. The fourth-order valence-corrected chi connectivity index (χ4v) is 4.55. The maximum absolute atomic E-state index is 12.6. The lowest BCUT2D eigenvalue weighted by atomic mass is 10.1. The molecule has 0 saturated carbocycles. The van der Waals surface area contributed by atoms with Crippen molar-refractivity contribution in [3.05, 3.63) is 64.9 Å². The van der Waals surface area contributed by atoms with Crippen molar-refractivity contribution >= 4 is 38.4 Å². The van der Waals surface area contributed by atoms with Gasteiger partial charge in [0, 0.05) is 37.4 Å². The van der Waals surface area contributed by atoms with E-state index in [1.54, 1.807) is 11.3 Å². The monoisotopic (exact) mass is 392 g/mol. The Morgan fingerprint density at radius 2 is 1.93 bits per heavy atom. The molecule has 0 spiro atoms.